The van der Waals surface area contributed by atoms with Gasteiger partial charge in [0.25, 0.3) is 0 Å². The Labute approximate surface area is 164 Å². The number of morpholine rings is 1. The fraction of sp³-hybridized carbons (Fsp3) is 1.00. The predicted molar refractivity (Wildman–Crippen MR) is 113 cm³/mol. The Morgan fingerprint density at radius 3 is 1.77 bits per heavy atom. The van der Waals surface area contributed by atoms with Crippen LogP contribution < -0.4 is 0 Å². The minimum atomic E-state index is -0.0665. The van der Waals surface area contributed by atoms with Crippen molar-refractivity contribution in [3.63, 3.8) is 0 Å². The van der Waals surface area contributed by atoms with Crippen LogP contribution in [0, 0.1) is 5.21 Å². The molecule has 4 atom stereocenters. The van der Waals surface area contributed by atoms with Crippen LogP contribution in [0.5, 0.6) is 0 Å². The van der Waals surface area contributed by atoms with Crippen LogP contribution >= 0.6 is 0 Å². The molecule has 4 unspecified atom stereocenters. The minimum absolute atomic E-state index is 0.0665. The van der Waals surface area contributed by atoms with Gasteiger partial charge >= 0.3 is 0 Å². The number of hydrogen-bond donors (Lipinski definition) is 0. The lowest BCUT2D eigenvalue weighted by Gasteiger charge is -2.54. The van der Waals surface area contributed by atoms with Crippen LogP contribution in [0.4, 0.5) is 0 Å². The molecule has 0 spiro atoms. The van der Waals surface area contributed by atoms with Crippen LogP contribution in [0.25, 0.3) is 0 Å². The van der Waals surface area contributed by atoms with Gasteiger partial charge in [0.2, 0.25) is 0 Å². The van der Waals surface area contributed by atoms with Crippen molar-refractivity contribution in [3.05, 3.63) is 5.21 Å². The molecule has 1 heterocycles. The van der Waals surface area contributed by atoms with E-state index in [-0.39, 0.29) is 22.9 Å². The highest BCUT2D eigenvalue weighted by molar-refractivity contribution is 4.80. The Kier molecular flexibility index (Phi) is 12.8. The van der Waals surface area contributed by atoms with Crippen molar-refractivity contribution in [2.75, 3.05) is 13.6 Å². The van der Waals surface area contributed by atoms with E-state index in [1.165, 1.54) is 77.0 Å². The first-order valence-corrected chi connectivity index (χ1v) is 11.8. The van der Waals surface area contributed by atoms with E-state index < -0.39 is 0 Å². The van der Waals surface area contributed by atoms with Crippen molar-refractivity contribution in [3.8, 4) is 0 Å². The van der Waals surface area contributed by atoms with Gasteiger partial charge in [0.15, 0.2) is 0 Å². The van der Waals surface area contributed by atoms with Gasteiger partial charge in [-0.05, 0) is 19.3 Å². The minimum Gasteiger partial charge on any atom is -0.633 e. The SMILES string of the molecule is CCCCCCC1C[N+](C)([O-])C(CCCCCC)C(CCCCCC)O1. The molecule has 26 heavy (non-hydrogen) atoms. The summed E-state index contributed by atoms with van der Waals surface area (Å²) in [5.74, 6) is 0. The summed E-state index contributed by atoms with van der Waals surface area (Å²) in [5.41, 5.74) is 0. The summed E-state index contributed by atoms with van der Waals surface area (Å²) >= 11 is 0. The van der Waals surface area contributed by atoms with E-state index in [1.54, 1.807) is 0 Å². The summed E-state index contributed by atoms with van der Waals surface area (Å²) in [6.07, 6.45) is 18.7. The van der Waals surface area contributed by atoms with Crippen molar-refractivity contribution in [1.29, 1.82) is 0 Å². The summed E-state index contributed by atoms with van der Waals surface area (Å²) in [7, 11) is 1.92. The summed E-state index contributed by atoms with van der Waals surface area (Å²) in [4.78, 5) is 0. The summed E-state index contributed by atoms with van der Waals surface area (Å²) in [5, 5.41) is 13.4. The van der Waals surface area contributed by atoms with Gasteiger partial charge in [0.1, 0.15) is 24.8 Å². The van der Waals surface area contributed by atoms with Crippen molar-refractivity contribution in [2.24, 2.45) is 0 Å². The molecule has 0 N–H and O–H groups in total. The first-order chi connectivity index (χ1) is 12.5. The Hall–Kier alpha value is -0.120. The monoisotopic (exact) mass is 369 g/mol. The maximum atomic E-state index is 13.4. The number of hydrogen-bond acceptors (Lipinski definition) is 2. The number of likely N-dealkylation sites (N-methyl/N-ethyl adjacent to an activating group) is 1. The molecule has 1 saturated heterocycles. The van der Waals surface area contributed by atoms with Crippen LogP contribution in [0.15, 0.2) is 0 Å². The normalized spacial score (nSPS) is 29.2. The van der Waals surface area contributed by atoms with Crippen LogP contribution in [-0.2, 0) is 4.74 Å². The van der Waals surface area contributed by atoms with Crippen LogP contribution in [0.3, 0.4) is 0 Å². The second-order valence-corrected chi connectivity index (χ2v) is 8.77. The third kappa shape index (κ3) is 9.19. The molecule has 0 aromatic carbocycles. The number of nitrogens with zero attached hydrogens (tertiary/aromatic N) is 1. The second-order valence-electron chi connectivity index (χ2n) is 8.77. The van der Waals surface area contributed by atoms with E-state index >= 15 is 0 Å². The van der Waals surface area contributed by atoms with Crippen molar-refractivity contribution in [2.45, 2.75) is 135 Å². The summed E-state index contributed by atoms with van der Waals surface area (Å²) in [6, 6.07) is 0.153. The maximum absolute atomic E-state index is 13.4. The van der Waals surface area contributed by atoms with Crippen LogP contribution in [-0.4, -0.2) is 36.5 Å². The zero-order valence-electron chi connectivity index (χ0n) is 18.3. The molecule has 1 aliphatic rings. The third-order valence-corrected chi connectivity index (χ3v) is 6.14. The second kappa shape index (κ2) is 14.0. The van der Waals surface area contributed by atoms with Crippen LogP contribution in [0.1, 0.15) is 117 Å². The number of rotatable bonds is 15. The van der Waals surface area contributed by atoms with Crippen molar-refractivity contribution in [1.82, 2.24) is 0 Å². The Morgan fingerprint density at radius 2 is 1.23 bits per heavy atom. The van der Waals surface area contributed by atoms with E-state index in [9.17, 15) is 5.21 Å². The van der Waals surface area contributed by atoms with Gasteiger partial charge in [0, 0.05) is 6.42 Å². The van der Waals surface area contributed by atoms with Crippen molar-refractivity contribution < 1.29 is 9.38 Å². The molecular weight excluding hydrogens is 322 g/mol. The summed E-state index contributed by atoms with van der Waals surface area (Å²) < 4.78 is 6.47. The van der Waals surface area contributed by atoms with Gasteiger partial charge in [-0.25, -0.2) is 0 Å². The number of quaternary nitrogens is 1. The summed E-state index contributed by atoms with van der Waals surface area (Å²) in [6.45, 7) is 7.41. The first-order valence-electron chi connectivity index (χ1n) is 11.8. The lowest BCUT2D eigenvalue weighted by molar-refractivity contribution is -0.904. The zero-order chi connectivity index (χ0) is 19.3. The molecule has 0 bridgehead atoms. The van der Waals surface area contributed by atoms with E-state index in [1.807, 2.05) is 7.05 Å². The topological polar surface area (TPSA) is 32.3 Å². The molecule has 156 valence electrons. The molecule has 3 heteroatoms. The fourth-order valence-electron chi connectivity index (χ4n) is 4.50. The van der Waals surface area contributed by atoms with E-state index in [4.69, 9.17) is 4.74 Å². The lowest BCUT2D eigenvalue weighted by atomic mass is 9.93. The van der Waals surface area contributed by atoms with Gasteiger partial charge < -0.3 is 14.6 Å². The zero-order valence-corrected chi connectivity index (χ0v) is 18.3. The standard InChI is InChI=1S/C23H47NO2/c1-5-8-11-14-17-21-20-24(4,25)22(18-15-12-9-6-2)23(26-21)19-16-13-10-7-3/h21-23H,5-20H2,1-4H3. The van der Waals surface area contributed by atoms with Gasteiger partial charge in [-0.2, -0.15) is 0 Å². The highest BCUT2D eigenvalue weighted by Gasteiger charge is 2.41. The Bertz CT molecular complexity index is 332. The largest absolute Gasteiger partial charge is 0.633 e. The predicted octanol–water partition coefficient (Wildman–Crippen LogP) is 6.98. The van der Waals surface area contributed by atoms with E-state index in [2.05, 4.69) is 20.8 Å². The highest BCUT2D eigenvalue weighted by Crippen LogP contribution is 2.32. The average molecular weight is 370 g/mol. The van der Waals surface area contributed by atoms with Gasteiger partial charge in [-0.1, -0.05) is 91.4 Å². The molecule has 3 nitrogen and oxygen atoms in total. The fourth-order valence-corrected chi connectivity index (χ4v) is 4.50. The molecule has 0 aromatic heterocycles. The molecule has 0 saturated carbocycles. The number of unbranched alkanes of at least 4 members (excludes halogenated alkanes) is 9. The average Bonchev–Trinajstić information content (AvgIpc) is 2.60. The molecule has 1 rings (SSSR count). The molecule has 0 radical (unpaired) electrons. The van der Waals surface area contributed by atoms with Gasteiger partial charge in [-0.3, -0.25) is 0 Å². The molecule has 1 aliphatic heterocycles. The Morgan fingerprint density at radius 1 is 0.731 bits per heavy atom. The van der Waals surface area contributed by atoms with Crippen molar-refractivity contribution >= 4 is 0 Å². The van der Waals surface area contributed by atoms with E-state index in [0.29, 0.717) is 6.54 Å². The molecule has 0 amide bonds. The molecule has 0 aromatic rings. The maximum Gasteiger partial charge on any atom is 0.115 e. The molecule has 0 aliphatic carbocycles. The quantitative estimate of drug-likeness (QED) is 0.177. The van der Waals surface area contributed by atoms with E-state index in [0.717, 1.165) is 19.3 Å². The van der Waals surface area contributed by atoms with Crippen LogP contribution in [0.2, 0.25) is 0 Å². The first kappa shape index (κ1) is 23.9. The molecular formula is C23H47NO2. The smallest absolute Gasteiger partial charge is 0.115 e. The highest BCUT2D eigenvalue weighted by atomic mass is 16.6. The van der Waals surface area contributed by atoms with Gasteiger partial charge in [-0.15, -0.1) is 0 Å². The Balaban J connectivity index is 2.59. The third-order valence-electron chi connectivity index (χ3n) is 6.14. The van der Waals surface area contributed by atoms with Gasteiger partial charge in [0.05, 0.1) is 7.05 Å². The number of hydroxylamine groups is 3. The molecule has 1 fully saturated rings. The lowest BCUT2D eigenvalue weighted by Crippen LogP contribution is -2.62. The number of ether oxygens (including phenoxy) is 1.